The number of nitrogens with zero attached hydrogens (tertiary/aromatic N) is 3. The van der Waals surface area contributed by atoms with E-state index in [-0.39, 0.29) is 5.88 Å². The molecule has 0 saturated heterocycles. The van der Waals surface area contributed by atoms with Gasteiger partial charge < -0.3 is 14.5 Å². The summed E-state index contributed by atoms with van der Waals surface area (Å²) in [4.78, 5) is 4.00. The van der Waals surface area contributed by atoms with E-state index in [2.05, 4.69) is 9.99 Å². The van der Waals surface area contributed by atoms with Gasteiger partial charge in [0.25, 0.3) is 0 Å². The molecular weight excluding hydrogens is 311 g/mol. The van der Waals surface area contributed by atoms with Crippen LogP contribution in [-0.2, 0) is 11.3 Å². The molecule has 0 N–H and O–H groups in total. The first-order chi connectivity index (χ1) is 10.9. The number of hydrazine groups is 1. The standard InChI is InChI=1S/C15H20F3N3O2/c1-12-8-13(9-19-14(12)23-11-15(16,17)18)10-21-5-3-4-20(21)6-7-22-2/h3-4,8-9H,5-7,10-11H2,1-2H3. The molecule has 2 heterocycles. The second-order valence-corrected chi connectivity index (χ2v) is 5.26. The lowest BCUT2D eigenvalue weighted by molar-refractivity contribution is -0.154. The Bertz CT molecular complexity index is 549. The van der Waals surface area contributed by atoms with Crippen LogP contribution in [0.1, 0.15) is 11.1 Å². The van der Waals surface area contributed by atoms with E-state index in [1.807, 2.05) is 17.3 Å². The second-order valence-electron chi connectivity index (χ2n) is 5.26. The van der Waals surface area contributed by atoms with E-state index in [0.717, 1.165) is 18.7 Å². The molecule has 0 atom stereocenters. The zero-order valence-electron chi connectivity index (χ0n) is 13.1. The summed E-state index contributed by atoms with van der Waals surface area (Å²) < 4.78 is 46.3. The quantitative estimate of drug-likeness (QED) is 0.768. The van der Waals surface area contributed by atoms with Crippen LogP contribution in [0.25, 0.3) is 0 Å². The number of methoxy groups -OCH3 is 1. The summed E-state index contributed by atoms with van der Waals surface area (Å²) in [6.45, 7) is 3.10. The molecule has 128 valence electrons. The van der Waals surface area contributed by atoms with Gasteiger partial charge in [-0.05, 0) is 18.6 Å². The molecular formula is C15H20F3N3O2. The van der Waals surface area contributed by atoms with Crippen molar-refractivity contribution in [2.24, 2.45) is 0 Å². The molecule has 1 aromatic heterocycles. The van der Waals surface area contributed by atoms with E-state index in [4.69, 9.17) is 9.47 Å². The van der Waals surface area contributed by atoms with Crippen LogP contribution in [0.2, 0.25) is 0 Å². The van der Waals surface area contributed by atoms with E-state index in [0.29, 0.717) is 18.7 Å². The second kappa shape index (κ2) is 7.65. The predicted octanol–water partition coefficient (Wildman–Crippen LogP) is 2.52. The van der Waals surface area contributed by atoms with Crippen LogP contribution in [0.5, 0.6) is 5.88 Å². The number of pyridine rings is 1. The molecule has 0 spiro atoms. The van der Waals surface area contributed by atoms with Gasteiger partial charge in [0, 0.05) is 38.2 Å². The maximum Gasteiger partial charge on any atom is 0.422 e. The minimum atomic E-state index is -4.37. The fraction of sp³-hybridized carbons (Fsp3) is 0.533. The van der Waals surface area contributed by atoms with Crippen molar-refractivity contribution in [1.29, 1.82) is 0 Å². The molecule has 0 saturated carbocycles. The van der Waals surface area contributed by atoms with Crippen LogP contribution < -0.4 is 4.74 Å². The van der Waals surface area contributed by atoms with Crippen molar-refractivity contribution < 1.29 is 22.6 Å². The van der Waals surface area contributed by atoms with Gasteiger partial charge in [0.2, 0.25) is 5.88 Å². The lowest BCUT2D eigenvalue weighted by Crippen LogP contribution is -2.36. The number of hydrogen-bond donors (Lipinski definition) is 0. The van der Waals surface area contributed by atoms with E-state index in [1.54, 1.807) is 26.3 Å². The highest BCUT2D eigenvalue weighted by Gasteiger charge is 2.29. The molecule has 0 amide bonds. The van der Waals surface area contributed by atoms with Crippen LogP contribution in [0, 0.1) is 6.92 Å². The third-order valence-corrected chi connectivity index (χ3v) is 3.31. The van der Waals surface area contributed by atoms with Crippen LogP contribution >= 0.6 is 0 Å². The molecule has 23 heavy (non-hydrogen) atoms. The first-order valence-corrected chi connectivity index (χ1v) is 7.21. The summed E-state index contributed by atoms with van der Waals surface area (Å²) in [6, 6.07) is 1.80. The minimum Gasteiger partial charge on any atom is -0.468 e. The SMILES string of the molecule is COCCN1C=CCN1Cc1cnc(OCC(F)(F)F)c(C)c1. The third kappa shape index (κ3) is 5.40. The molecule has 2 rings (SSSR count). The van der Waals surface area contributed by atoms with E-state index >= 15 is 0 Å². The molecule has 0 bridgehead atoms. The molecule has 0 aliphatic carbocycles. The smallest absolute Gasteiger partial charge is 0.422 e. The van der Waals surface area contributed by atoms with Crippen molar-refractivity contribution in [3.05, 3.63) is 35.7 Å². The highest BCUT2D eigenvalue weighted by molar-refractivity contribution is 5.28. The number of alkyl halides is 3. The van der Waals surface area contributed by atoms with Crippen molar-refractivity contribution in [3.63, 3.8) is 0 Å². The lowest BCUT2D eigenvalue weighted by Gasteiger charge is -2.29. The van der Waals surface area contributed by atoms with Crippen molar-refractivity contribution >= 4 is 0 Å². The Kier molecular flexibility index (Phi) is 5.84. The number of aryl methyl sites for hydroxylation is 1. The number of aromatic nitrogens is 1. The molecule has 1 aliphatic rings. The first kappa shape index (κ1) is 17.6. The first-order valence-electron chi connectivity index (χ1n) is 7.21. The van der Waals surface area contributed by atoms with Gasteiger partial charge in [-0.3, -0.25) is 0 Å². The molecule has 1 aliphatic heterocycles. The predicted molar refractivity (Wildman–Crippen MR) is 78.7 cm³/mol. The van der Waals surface area contributed by atoms with Crippen molar-refractivity contribution in [2.45, 2.75) is 19.6 Å². The molecule has 5 nitrogen and oxygen atoms in total. The summed E-state index contributed by atoms with van der Waals surface area (Å²) in [7, 11) is 1.65. The van der Waals surface area contributed by atoms with E-state index in [9.17, 15) is 13.2 Å². The number of ether oxygens (including phenoxy) is 2. The Labute approximate surface area is 133 Å². The van der Waals surface area contributed by atoms with Gasteiger partial charge in [0.15, 0.2) is 6.61 Å². The van der Waals surface area contributed by atoms with Crippen LogP contribution in [0.3, 0.4) is 0 Å². The fourth-order valence-corrected chi connectivity index (χ4v) is 2.26. The number of halogens is 3. The topological polar surface area (TPSA) is 37.8 Å². The van der Waals surface area contributed by atoms with Gasteiger partial charge in [-0.15, -0.1) is 0 Å². The summed E-state index contributed by atoms with van der Waals surface area (Å²) in [5.74, 6) is 0.0156. The Hall–Kier alpha value is -1.80. The molecule has 0 unspecified atom stereocenters. The largest absolute Gasteiger partial charge is 0.468 e. The maximum atomic E-state index is 12.2. The fourth-order valence-electron chi connectivity index (χ4n) is 2.26. The lowest BCUT2D eigenvalue weighted by atomic mass is 10.2. The average Bonchev–Trinajstić information content (AvgIpc) is 2.90. The monoisotopic (exact) mass is 331 g/mol. The van der Waals surface area contributed by atoms with Gasteiger partial charge in [-0.2, -0.15) is 13.2 Å². The summed E-state index contributed by atoms with van der Waals surface area (Å²) in [5, 5.41) is 4.15. The van der Waals surface area contributed by atoms with E-state index in [1.165, 1.54) is 0 Å². The zero-order chi connectivity index (χ0) is 16.9. The van der Waals surface area contributed by atoms with Crippen molar-refractivity contribution in [3.8, 4) is 5.88 Å². The molecule has 0 fully saturated rings. The van der Waals surface area contributed by atoms with Crippen LogP contribution in [0.15, 0.2) is 24.5 Å². The maximum absolute atomic E-state index is 12.2. The third-order valence-electron chi connectivity index (χ3n) is 3.31. The molecule has 8 heteroatoms. The number of hydrogen-bond acceptors (Lipinski definition) is 5. The summed E-state index contributed by atoms with van der Waals surface area (Å²) in [5.41, 5.74) is 1.50. The van der Waals surface area contributed by atoms with Gasteiger partial charge in [0.05, 0.1) is 13.2 Å². The minimum absolute atomic E-state index is 0.0156. The zero-order valence-corrected chi connectivity index (χ0v) is 13.1. The van der Waals surface area contributed by atoms with Crippen LogP contribution in [-0.4, -0.2) is 54.6 Å². The Morgan fingerprint density at radius 2 is 2.13 bits per heavy atom. The Balaban J connectivity index is 1.95. The van der Waals surface area contributed by atoms with Crippen molar-refractivity contribution in [1.82, 2.24) is 15.0 Å². The van der Waals surface area contributed by atoms with Gasteiger partial charge in [-0.1, -0.05) is 6.08 Å². The highest BCUT2D eigenvalue weighted by Crippen LogP contribution is 2.21. The Morgan fingerprint density at radius 3 is 2.78 bits per heavy atom. The summed E-state index contributed by atoms with van der Waals surface area (Å²) >= 11 is 0. The highest BCUT2D eigenvalue weighted by atomic mass is 19.4. The van der Waals surface area contributed by atoms with Gasteiger partial charge >= 0.3 is 6.18 Å². The van der Waals surface area contributed by atoms with Crippen molar-refractivity contribution in [2.75, 3.05) is 33.4 Å². The van der Waals surface area contributed by atoms with Gasteiger partial charge in [0.1, 0.15) is 0 Å². The Morgan fingerprint density at radius 1 is 1.35 bits per heavy atom. The number of rotatable bonds is 7. The molecule has 1 aromatic rings. The molecule has 0 radical (unpaired) electrons. The van der Waals surface area contributed by atoms with Gasteiger partial charge in [-0.25, -0.2) is 9.99 Å². The average molecular weight is 331 g/mol. The van der Waals surface area contributed by atoms with Crippen LogP contribution in [0.4, 0.5) is 13.2 Å². The summed E-state index contributed by atoms with van der Waals surface area (Å²) in [6.07, 6.45) is 1.21. The van der Waals surface area contributed by atoms with E-state index < -0.39 is 12.8 Å². The normalized spacial score (nSPS) is 15.4. The molecule has 0 aromatic carbocycles.